The zero-order valence-corrected chi connectivity index (χ0v) is 15.1. The van der Waals surface area contributed by atoms with Crippen molar-refractivity contribution in [1.82, 2.24) is 10.6 Å². The van der Waals surface area contributed by atoms with E-state index in [4.69, 9.17) is 14.2 Å². The largest absolute Gasteiger partial charge is 0.488 e. The van der Waals surface area contributed by atoms with Crippen LogP contribution in [0.2, 0.25) is 0 Å². The standard InChI is InChI=1S/C19H28N2O4/c1-14-3-4-15(17(11-14)25-16-5-10-24-13-16)12-21-18(22)19(23-2)6-8-20-9-7-19/h3-4,11,16,20H,5-10,12-13H2,1-2H3,(H,21,22). The van der Waals surface area contributed by atoms with E-state index < -0.39 is 5.60 Å². The van der Waals surface area contributed by atoms with Gasteiger partial charge in [-0.1, -0.05) is 12.1 Å². The summed E-state index contributed by atoms with van der Waals surface area (Å²) < 4.78 is 17.1. The molecule has 0 aliphatic carbocycles. The van der Waals surface area contributed by atoms with Gasteiger partial charge in [0.1, 0.15) is 17.5 Å². The van der Waals surface area contributed by atoms with Gasteiger partial charge in [0, 0.05) is 25.6 Å². The number of carbonyl (C=O) groups is 1. The maximum atomic E-state index is 12.7. The molecule has 2 saturated heterocycles. The zero-order chi connectivity index (χ0) is 17.7. The molecule has 1 aromatic carbocycles. The van der Waals surface area contributed by atoms with Gasteiger partial charge in [-0.25, -0.2) is 0 Å². The summed E-state index contributed by atoms with van der Waals surface area (Å²) in [5.41, 5.74) is 1.39. The Bertz CT molecular complexity index is 593. The van der Waals surface area contributed by atoms with Gasteiger partial charge in [0.2, 0.25) is 0 Å². The molecule has 2 heterocycles. The Morgan fingerprint density at radius 1 is 1.40 bits per heavy atom. The molecule has 25 heavy (non-hydrogen) atoms. The first-order chi connectivity index (χ1) is 12.1. The molecular weight excluding hydrogens is 320 g/mol. The van der Waals surface area contributed by atoms with Crippen LogP contribution in [0, 0.1) is 6.92 Å². The van der Waals surface area contributed by atoms with Gasteiger partial charge in [0.05, 0.1) is 13.2 Å². The highest BCUT2D eigenvalue weighted by Gasteiger charge is 2.39. The highest BCUT2D eigenvalue weighted by Crippen LogP contribution is 2.26. The molecule has 1 amide bonds. The molecule has 6 heteroatoms. The number of nitrogens with one attached hydrogen (secondary N) is 2. The first kappa shape index (κ1) is 18.2. The van der Waals surface area contributed by atoms with Gasteiger partial charge in [-0.3, -0.25) is 4.79 Å². The molecule has 2 aliphatic rings. The first-order valence-corrected chi connectivity index (χ1v) is 9.01. The highest BCUT2D eigenvalue weighted by molar-refractivity contribution is 5.85. The van der Waals surface area contributed by atoms with E-state index in [2.05, 4.69) is 10.6 Å². The quantitative estimate of drug-likeness (QED) is 0.816. The van der Waals surface area contributed by atoms with E-state index in [0.29, 0.717) is 26.0 Å². The lowest BCUT2D eigenvalue weighted by Gasteiger charge is -2.34. The molecule has 1 unspecified atom stereocenters. The summed E-state index contributed by atoms with van der Waals surface area (Å²) in [5, 5.41) is 6.31. The van der Waals surface area contributed by atoms with Gasteiger partial charge in [0.15, 0.2) is 0 Å². The maximum Gasteiger partial charge on any atom is 0.252 e. The minimum Gasteiger partial charge on any atom is -0.488 e. The molecule has 2 fully saturated rings. The predicted octanol–water partition coefficient (Wildman–Crippen LogP) is 1.55. The van der Waals surface area contributed by atoms with Crippen molar-refractivity contribution in [3.8, 4) is 5.75 Å². The molecule has 1 atom stereocenters. The number of piperidine rings is 1. The number of aryl methyl sites for hydroxylation is 1. The Labute approximate surface area is 149 Å². The van der Waals surface area contributed by atoms with Crippen molar-refractivity contribution in [2.75, 3.05) is 33.4 Å². The van der Waals surface area contributed by atoms with E-state index in [1.165, 1.54) is 0 Å². The summed E-state index contributed by atoms with van der Waals surface area (Å²) in [5.74, 6) is 0.778. The highest BCUT2D eigenvalue weighted by atomic mass is 16.5. The summed E-state index contributed by atoms with van der Waals surface area (Å²) in [7, 11) is 1.62. The third-order valence-electron chi connectivity index (χ3n) is 5.06. The first-order valence-electron chi connectivity index (χ1n) is 9.01. The summed E-state index contributed by atoms with van der Waals surface area (Å²) in [4.78, 5) is 12.7. The summed E-state index contributed by atoms with van der Waals surface area (Å²) >= 11 is 0. The van der Waals surface area contributed by atoms with Gasteiger partial charge in [-0.15, -0.1) is 0 Å². The smallest absolute Gasteiger partial charge is 0.252 e. The molecule has 0 bridgehead atoms. The molecule has 6 nitrogen and oxygen atoms in total. The Balaban J connectivity index is 1.66. The number of carbonyl (C=O) groups excluding carboxylic acids is 1. The molecule has 0 saturated carbocycles. The molecule has 0 radical (unpaired) electrons. The number of ether oxygens (including phenoxy) is 3. The van der Waals surface area contributed by atoms with E-state index >= 15 is 0 Å². The van der Waals surface area contributed by atoms with Crippen molar-refractivity contribution < 1.29 is 19.0 Å². The number of rotatable bonds is 6. The van der Waals surface area contributed by atoms with Gasteiger partial charge in [0.25, 0.3) is 5.91 Å². The van der Waals surface area contributed by atoms with E-state index in [0.717, 1.165) is 43.0 Å². The Hall–Kier alpha value is -1.63. The molecule has 3 rings (SSSR count). The van der Waals surface area contributed by atoms with Gasteiger partial charge < -0.3 is 24.8 Å². The van der Waals surface area contributed by atoms with Crippen LogP contribution >= 0.6 is 0 Å². The second-order valence-corrected chi connectivity index (χ2v) is 6.85. The third-order valence-corrected chi connectivity index (χ3v) is 5.06. The SMILES string of the molecule is COC1(C(=O)NCc2ccc(C)cc2OC2CCOC2)CCNCC1. The monoisotopic (exact) mass is 348 g/mol. The Morgan fingerprint density at radius 3 is 2.88 bits per heavy atom. The third kappa shape index (κ3) is 4.32. The number of benzene rings is 1. The topological polar surface area (TPSA) is 68.8 Å². The minimum absolute atomic E-state index is 0.0489. The van der Waals surface area contributed by atoms with Crippen LogP contribution in [0.1, 0.15) is 30.4 Å². The molecular formula is C19H28N2O4. The average molecular weight is 348 g/mol. The van der Waals surface area contributed by atoms with Gasteiger partial charge in [-0.05, 0) is 44.5 Å². The van der Waals surface area contributed by atoms with Crippen LogP contribution in [0.25, 0.3) is 0 Å². The molecule has 0 spiro atoms. The second kappa shape index (κ2) is 8.17. The van der Waals surface area contributed by atoms with E-state index in [1.807, 2.05) is 25.1 Å². The van der Waals surface area contributed by atoms with Crippen LogP contribution < -0.4 is 15.4 Å². The Kier molecular flexibility index (Phi) is 5.93. The molecule has 138 valence electrons. The fourth-order valence-corrected chi connectivity index (χ4v) is 3.39. The zero-order valence-electron chi connectivity index (χ0n) is 15.1. The van der Waals surface area contributed by atoms with E-state index in [1.54, 1.807) is 7.11 Å². The molecule has 0 aromatic heterocycles. The van der Waals surface area contributed by atoms with Crippen molar-refractivity contribution in [2.45, 2.75) is 44.4 Å². The second-order valence-electron chi connectivity index (χ2n) is 6.85. The van der Waals surface area contributed by atoms with Crippen LogP contribution in [-0.2, 0) is 20.8 Å². The normalized spacial score (nSPS) is 22.6. The lowest BCUT2D eigenvalue weighted by Crippen LogP contribution is -2.53. The predicted molar refractivity (Wildman–Crippen MR) is 94.7 cm³/mol. The van der Waals surface area contributed by atoms with Crippen molar-refractivity contribution >= 4 is 5.91 Å². The number of hydrogen-bond donors (Lipinski definition) is 2. The van der Waals surface area contributed by atoms with Crippen molar-refractivity contribution in [3.63, 3.8) is 0 Å². The molecule has 2 N–H and O–H groups in total. The minimum atomic E-state index is -0.726. The number of hydrogen-bond acceptors (Lipinski definition) is 5. The lowest BCUT2D eigenvalue weighted by molar-refractivity contribution is -0.146. The van der Waals surface area contributed by atoms with E-state index in [9.17, 15) is 4.79 Å². The number of amides is 1. The summed E-state index contributed by atoms with van der Waals surface area (Å²) in [6.07, 6.45) is 2.36. The molecule has 2 aliphatic heterocycles. The fourth-order valence-electron chi connectivity index (χ4n) is 3.39. The van der Waals surface area contributed by atoms with Crippen LogP contribution in [0.15, 0.2) is 18.2 Å². The van der Waals surface area contributed by atoms with E-state index in [-0.39, 0.29) is 12.0 Å². The lowest BCUT2D eigenvalue weighted by atomic mass is 9.91. The number of methoxy groups -OCH3 is 1. The summed E-state index contributed by atoms with van der Waals surface area (Å²) in [6, 6.07) is 6.08. The van der Waals surface area contributed by atoms with Gasteiger partial charge in [-0.2, -0.15) is 0 Å². The van der Waals surface area contributed by atoms with Crippen LogP contribution in [-0.4, -0.2) is 51.0 Å². The Morgan fingerprint density at radius 2 is 2.20 bits per heavy atom. The van der Waals surface area contributed by atoms with Crippen molar-refractivity contribution in [1.29, 1.82) is 0 Å². The maximum absolute atomic E-state index is 12.7. The molecule has 1 aromatic rings. The van der Waals surface area contributed by atoms with Crippen molar-refractivity contribution in [2.24, 2.45) is 0 Å². The van der Waals surface area contributed by atoms with Crippen LogP contribution in [0.5, 0.6) is 5.75 Å². The summed E-state index contributed by atoms with van der Waals surface area (Å²) in [6.45, 7) is 5.42. The fraction of sp³-hybridized carbons (Fsp3) is 0.632. The van der Waals surface area contributed by atoms with Crippen LogP contribution in [0.4, 0.5) is 0 Å². The average Bonchev–Trinajstić information content (AvgIpc) is 3.14. The van der Waals surface area contributed by atoms with Gasteiger partial charge >= 0.3 is 0 Å². The van der Waals surface area contributed by atoms with Crippen molar-refractivity contribution in [3.05, 3.63) is 29.3 Å². The van der Waals surface area contributed by atoms with Crippen LogP contribution in [0.3, 0.4) is 0 Å².